The predicted octanol–water partition coefficient (Wildman–Crippen LogP) is 5.16. The van der Waals surface area contributed by atoms with Gasteiger partial charge >= 0.3 is 0 Å². The fraction of sp³-hybridized carbons (Fsp3) is 0.500. The van der Waals surface area contributed by atoms with Gasteiger partial charge in [0.25, 0.3) is 11.5 Å². The molecule has 0 saturated carbocycles. The van der Waals surface area contributed by atoms with Gasteiger partial charge in [-0.2, -0.15) is 10.2 Å². The fourth-order valence-electron chi connectivity index (χ4n) is 5.11. The maximum atomic E-state index is 17.2. The predicted molar refractivity (Wildman–Crippen MR) is 174 cm³/mol. The van der Waals surface area contributed by atoms with Gasteiger partial charge in [-0.1, -0.05) is 62.9 Å². The zero-order chi connectivity index (χ0) is 32.8. The van der Waals surface area contributed by atoms with Gasteiger partial charge in [0, 0.05) is 11.8 Å². The second kappa shape index (κ2) is 14.5. The molecule has 0 aliphatic heterocycles. The molecule has 2 aromatic heterocycles. The van der Waals surface area contributed by atoms with Gasteiger partial charge in [0.2, 0.25) is 0 Å². The minimum absolute atomic E-state index is 0.0256. The molecule has 2 heterocycles. The second-order valence-electron chi connectivity index (χ2n) is 11.9. The van der Waals surface area contributed by atoms with Gasteiger partial charge in [0.05, 0.1) is 41.8 Å². The number of amides is 1. The van der Waals surface area contributed by atoms with Crippen LogP contribution in [0.3, 0.4) is 0 Å². The first kappa shape index (κ1) is 35.0. The summed E-state index contributed by atoms with van der Waals surface area (Å²) in [6, 6.07) is 2.26. The first-order chi connectivity index (χ1) is 20.6. The number of aromatic amines is 1. The zero-order valence-electron chi connectivity index (χ0n) is 26.6. The van der Waals surface area contributed by atoms with E-state index in [0.717, 1.165) is 10.6 Å². The lowest BCUT2D eigenvalue weighted by molar-refractivity contribution is -0.118. The van der Waals surface area contributed by atoms with Crippen molar-refractivity contribution in [3.63, 3.8) is 0 Å². The molecule has 0 saturated heterocycles. The van der Waals surface area contributed by atoms with E-state index in [1.165, 1.54) is 17.8 Å². The number of aliphatic hydroxyl groups is 2. The average molecular weight is 629 g/mol. The molecule has 0 radical (unpaired) electrons. The van der Waals surface area contributed by atoms with E-state index in [-0.39, 0.29) is 29.8 Å². The van der Waals surface area contributed by atoms with Crippen molar-refractivity contribution >= 4 is 29.2 Å². The van der Waals surface area contributed by atoms with E-state index >= 15 is 4.39 Å². The molecule has 12 heteroatoms. The summed E-state index contributed by atoms with van der Waals surface area (Å²) in [7, 11) is 0. The third-order valence-electron chi connectivity index (χ3n) is 7.90. The molecule has 0 aromatic carbocycles. The van der Waals surface area contributed by atoms with Crippen LogP contribution >= 0.6 is 11.8 Å². The summed E-state index contributed by atoms with van der Waals surface area (Å²) in [4.78, 5) is 27.4. The molecular formula is C32H45FN6O4S. The number of thioether (sulfide) groups is 1. The lowest BCUT2D eigenvalue weighted by atomic mass is 9.78. The summed E-state index contributed by atoms with van der Waals surface area (Å²) in [5.74, 6) is -1.01. The number of halogens is 1. The highest BCUT2D eigenvalue weighted by Crippen LogP contribution is 2.44. The summed E-state index contributed by atoms with van der Waals surface area (Å²) in [6.45, 7) is 16.7. The molecule has 2 aromatic rings. The summed E-state index contributed by atoms with van der Waals surface area (Å²) in [5.41, 5.74) is -1.00. The van der Waals surface area contributed by atoms with Crippen LogP contribution in [-0.4, -0.2) is 60.5 Å². The van der Waals surface area contributed by atoms with Crippen LogP contribution in [0.15, 0.2) is 63.2 Å². The van der Waals surface area contributed by atoms with E-state index in [2.05, 4.69) is 32.5 Å². The Hall–Kier alpha value is -3.48. The van der Waals surface area contributed by atoms with Gasteiger partial charge in [0.1, 0.15) is 11.4 Å². The van der Waals surface area contributed by atoms with Crippen LogP contribution in [0.2, 0.25) is 0 Å². The molecule has 0 fully saturated rings. The minimum Gasteiger partial charge on any atom is -0.394 e. The number of carbonyl (C=O) groups excluding carboxylic acids is 1. The number of alkyl halides is 1. The maximum Gasteiger partial charge on any atom is 0.287 e. The highest BCUT2D eigenvalue weighted by molar-refractivity contribution is 8.07. The number of aryl methyl sites for hydroxylation is 1. The van der Waals surface area contributed by atoms with Gasteiger partial charge in [-0.05, 0) is 63.0 Å². The van der Waals surface area contributed by atoms with Crippen molar-refractivity contribution in [1.29, 1.82) is 0 Å². The number of hydrogen-bond acceptors (Lipinski definition) is 8. The number of allylic oxidation sites excluding steroid dienone is 5. The normalized spacial score (nSPS) is 19.4. The van der Waals surface area contributed by atoms with Crippen LogP contribution in [0.25, 0.3) is 0 Å². The van der Waals surface area contributed by atoms with Gasteiger partial charge in [-0.3, -0.25) is 14.3 Å². The number of nitrogens with one attached hydrogen (secondary N) is 3. The zero-order valence-corrected chi connectivity index (χ0v) is 27.4. The number of carbonyl (C=O) groups is 1. The summed E-state index contributed by atoms with van der Waals surface area (Å²) in [5, 5.41) is 36.5. The van der Waals surface area contributed by atoms with Crippen molar-refractivity contribution < 1.29 is 19.4 Å². The molecule has 1 amide bonds. The SMILES string of the molecule is C=C(C)/C=C\C(c1cc(Nc2cc(C)n(CCO)n2)c(=O)[nH]n1)C(F)(CC)C(C)NC(=O)/C(=C/C)SC1=C[C@H](O)C(C)(C)C1. The number of anilines is 2. The molecule has 0 spiro atoms. The molecule has 4 atom stereocenters. The Bertz CT molecular complexity index is 1510. The van der Waals surface area contributed by atoms with E-state index in [1.54, 1.807) is 62.7 Å². The van der Waals surface area contributed by atoms with E-state index in [4.69, 9.17) is 0 Å². The summed E-state index contributed by atoms with van der Waals surface area (Å²) in [6.07, 6.45) is 6.84. The third-order valence-corrected chi connectivity index (χ3v) is 9.08. The Balaban J connectivity index is 1.91. The highest BCUT2D eigenvalue weighted by atomic mass is 32.2. The van der Waals surface area contributed by atoms with E-state index < -0.39 is 35.2 Å². The number of hydrogen-bond donors (Lipinski definition) is 5. The number of nitrogens with zero attached hydrogens (tertiary/aromatic N) is 3. The van der Waals surface area contributed by atoms with Gasteiger partial charge < -0.3 is 20.8 Å². The van der Waals surface area contributed by atoms with Crippen molar-refractivity contribution in [2.75, 3.05) is 11.9 Å². The average Bonchev–Trinajstić information content (AvgIpc) is 3.43. The lowest BCUT2D eigenvalue weighted by Gasteiger charge is -2.36. The monoisotopic (exact) mass is 628 g/mol. The molecule has 5 N–H and O–H groups in total. The number of H-pyrrole nitrogens is 1. The molecule has 0 bridgehead atoms. The van der Waals surface area contributed by atoms with Gasteiger partial charge in [-0.25, -0.2) is 9.49 Å². The van der Waals surface area contributed by atoms with Crippen LogP contribution in [0.1, 0.15) is 71.7 Å². The highest BCUT2D eigenvalue weighted by Gasteiger charge is 2.44. The van der Waals surface area contributed by atoms with Gasteiger partial charge in [0.15, 0.2) is 5.82 Å². The van der Waals surface area contributed by atoms with Crippen molar-refractivity contribution in [1.82, 2.24) is 25.3 Å². The fourth-order valence-corrected chi connectivity index (χ4v) is 6.31. The van der Waals surface area contributed by atoms with Crippen LogP contribution in [0, 0.1) is 12.3 Å². The Labute approximate surface area is 262 Å². The smallest absolute Gasteiger partial charge is 0.287 e. The first-order valence-electron chi connectivity index (χ1n) is 14.7. The molecule has 3 rings (SSSR count). The second-order valence-corrected chi connectivity index (χ2v) is 13.1. The number of aromatic nitrogens is 4. The lowest BCUT2D eigenvalue weighted by Crippen LogP contribution is -2.51. The van der Waals surface area contributed by atoms with Gasteiger partial charge in [-0.15, -0.1) is 0 Å². The largest absolute Gasteiger partial charge is 0.394 e. The Morgan fingerprint density at radius 1 is 1.41 bits per heavy atom. The van der Waals surface area contributed by atoms with Crippen molar-refractivity contribution in [2.45, 2.75) is 91.6 Å². The molecule has 44 heavy (non-hydrogen) atoms. The quantitative estimate of drug-likeness (QED) is 0.143. The molecule has 1 aliphatic rings. The maximum absolute atomic E-state index is 17.2. The number of rotatable bonds is 14. The van der Waals surface area contributed by atoms with Crippen LogP contribution in [0.5, 0.6) is 0 Å². The topological polar surface area (TPSA) is 145 Å². The molecule has 10 nitrogen and oxygen atoms in total. The van der Waals surface area contributed by atoms with E-state index in [1.807, 2.05) is 20.8 Å². The van der Waals surface area contributed by atoms with E-state index in [9.17, 15) is 19.8 Å². The Kier molecular flexibility index (Phi) is 11.6. The van der Waals surface area contributed by atoms with Crippen LogP contribution in [0.4, 0.5) is 15.9 Å². The Morgan fingerprint density at radius 3 is 2.68 bits per heavy atom. The molecule has 240 valence electrons. The summed E-state index contributed by atoms with van der Waals surface area (Å²) >= 11 is 1.28. The number of aliphatic hydroxyl groups excluding tert-OH is 2. The molecular weight excluding hydrogens is 583 g/mol. The minimum atomic E-state index is -2.02. The van der Waals surface area contributed by atoms with Crippen molar-refractivity contribution in [2.24, 2.45) is 5.41 Å². The first-order valence-corrected chi connectivity index (χ1v) is 15.5. The van der Waals surface area contributed by atoms with Crippen molar-refractivity contribution in [3.8, 4) is 0 Å². The molecule has 1 aliphatic carbocycles. The third kappa shape index (κ3) is 8.16. The molecule has 3 unspecified atom stereocenters. The van der Waals surface area contributed by atoms with E-state index in [0.29, 0.717) is 29.3 Å². The van der Waals surface area contributed by atoms with Crippen molar-refractivity contribution in [3.05, 3.63) is 80.1 Å². The Morgan fingerprint density at radius 2 is 2.11 bits per heavy atom. The van der Waals surface area contributed by atoms with Crippen LogP contribution in [-0.2, 0) is 11.3 Å². The van der Waals surface area contributed by atoms with Crippen LogP contribution < -0.4 is 16.2 Å². The summed E-state index contributed by atoms with van der Waals surface area (Å²) < 4.78 is 18.8. The standard InChI is InChI=1S/C32H45FN6O4S/c1-9-26(44-22-16-27(41)31(7,8)18-22)30(43)34-21(6)32(33,10-2)23(12-11-19(3)4)24-17-25(29(42)37-36-24)35-28-15-20(5)39(38-28)13-14-40/h9,11-12,15-17,21,23,27,40-41H,3,10,13-14,18H2,1-2,4-8H3,(H,34,43)(H,37,42)(H,35,36,38)/b12-11-,26-9-/t21?,23?,27-,32?/m0/s1.